The minimum absolute atomic E-state index is 0.0129. The molecule has 184 valence electrons. The van der Waals surface area contributed by atoms with Crippen LogP contribution in [0.15, 0.2) is 59.6 Å². The molecule has 0 unspecified atom stereocenters. The second-order valence-electron chi connectivity index (χ2n) is 8.01. The molecular weight excluding hydrogens is 475 g/mol. The minimum atomic E-state index is -4.16. The monoisotopic (exact) mass is 500 g/mol. The van der Waals surface area contributed by atoms with E-state index in [1.165, 1.54) is 12.3 Å². The number of halogens is 1. The molecule has 1 amide bonds. The smallest absolute Gasteiger partial charge is 0.253 e. The molecule has 1 aliphatic rings. The van der Waals surface area contributed by atoms with Gasteiger partial charge in [-0.1, -0.05) is 30.3 Å². The second-order valence-corrected chi connectivity index (χ2v) is 9.54. The zero-order valence-corrected chi connectivity index (χ0v) is 19.8. The molecular formula is C24H25FN4O5S. The normalized spacial score (nSPS) is 13.2. The lowest BCUT2D eigenvalue weighted by Crippen LogP contribution is -2.33. The van der Waals surface area contributed by atoms with Gasteiger partial charge in [-0.25, -0.2) is 22.9 Å². The summed E-state index contributed by atoms with van der Waals surface area (Å²) >= 11 is 0. The van der Waals surface area contributed by atoms with Crippen LogP contribution in [0.3, 0.4) is 0 Å². The van der Waals surface area contributed by atoms with Gasteiger partial charge >= 0.3 is 0 Å². The Bertz CT molecular complexity index is 1350. The SMILES string of the molecule is COCc1ccccc1CN1CCOc2cc(C(=O)NCc3ccc(S(N)(=O)=O)c(F)c3)cnc21. The fraction of sp³-hybridized carbons (Fsp3) is 0.250. The highest BCUT2D eigenvalue weighted by atomic mass is 32.2. The Morgan fingerprint density at radius 3 is 2.71 bits per heavy atom. The largest absolute Gasteiger partial charge is 0.488 e. The van der Waals surface area contributed by atoms with Crippen LogP contribution in [0, 0.1) is 5.82 Å². The Morgan fingerprint density at radius 2 is 2.00 bits per heavy atom. The van der Waals surface area contributed by atoms with E-state index in [1.54, 1.807) is 13.2 Å². The van der Waals surface area contributed by atoms with Gasteiger partial charge in [-0.2, -0.15) is 0 Å². The molecule has 1 aromatic heterocycles. The first-order chi connectivity index (χ1) is 16.8. The van der Waals surface area contributed by atoms with Gasteiger partial charge < -0.3 is 19.7 Å². The number of pyridine rings is 1. The van der Waals surface area contributed by atoms with Gasteiger partial charge in [0.05, 0.1) is 18.7 Å². The third-order valence-electron chi connectivity index (χ3n) is 5.55. The molecule has 0 saturated carbocycles. The van der Waals surface area contributed by atoms with Gasteiger partial charge in [-0.3, -0.25) is 4.79 Å². The fourth-order valence-electron chi connectivity index (χ4n) is 3.81. The van der Waals surface area contributed by atoms with Crippen LogP contribution in [0.25, 0.3) is 0 Å². The molecule has 4 rings (SSSR count). The number of hydrogen-bond acceptors (Lipinski definition) is 7. The van der Waals surface area contributed by atoms with E-state index in [1.807, 2.05) is 24.3 Å². The van der Waals surface area contributed by atoms with Gasteiger partial charge in [0, 0.05) is 26.4 Å². The van der Waals surface area contributed by atoms with Crippen LogP contribution in [0.5, 0.6) is 5.75 Å². The summed E-state index contributed by atoms with van der Waals surface area (Å²) in [5, 5.41) is 7.64. The Morgan fingerprint density at radius 1 is 1.23 bits per heavy atom. The number of fused-ring (bicyclic) bond motifs is 1. The minimum Gasteiger partial charge on any atom is -0.488 e. The van der Waals surface area contributed by atoms with Crippen molar-refractivity contribution in [2.24, 2.45) is 5.14 Å². The predicted molar refractivity (Wildman–Crippen MR) is 127 cm³/mol. The molecule has 0 radical (unpaired) electrons. The molecule has 2 aromatic carbocycles. The van der Waals surface area contributed by atoms with Crippen molar-refractivity contribution >= 4 is 21.7 Å². The third-order valence-corrected chi connectivity index (χ3v) is 6.49. The maximum atomic E-state index is 14.0. The Hall–Kier alpha value is -3.54. The Balaban J connectivity index is 1.46. The number of nitrogens with zero attached hydrogens (tertiary/aromatic N) is 2. The molecule has 11 heteroatoms. The number of ether oxygens (including phenoxy) is 2. The number of rotatable bonds is 8. The number of nitrogens with one attached hydrogen (secondary N) is 1. The number of benzene rings is 2. The van der Waals surface area contributed by atoms with Gasteiger partial charge in [0.15, 0.2) is 11.6 Å². The first kappa shape index (κ1) is 24.6. The number of sulfonamides is 1. The highest BCUT2D eigenvalue weighted by Crippen LogP contribution is 2.31. The standard InChI is InChI=1S/C24H25FN4O5S/c1-33-15-18-5-3-2-4-17(18)14-29-8-9-34-21-11-19(13-27-23(21)29)24(30)28-12-16-6-7-22(20(25)10-16)35(26,31)32/h2-7,10-11,13H,8-9,12,14-15H2,1H3,(H,28,30)(H2,26,31,32). The van der Waals surface area contributed by atoms with Crippen molar-refractivity contribution in [2.75, 3.05) is 25.2 Å². The first-order valence-electron chi connectivity index (χ1n) is 10.8. The van der Waals surface area contributed by atoms with Crippen LogP contribution in [0.1, 0.15) is 27.0 Å². The lowest BCUT2D eigenvalue weighted by molar-refractivity contribution is 0.0950. The van der Waals surface area contributed by atoms with Gasteiger partial charge in [0.25, 0.3) is 5.91 Å². The van der Waals surface area contributed by atoms with E-state index in [4.69, 9.17) is 14.6 Å². The number of nitrogens with two attached hydrogens (primary N) is 1. The molecule has 1 aliphatic heterocycles. The van der Waals surface area contributed by atoms with Crippen molar-refractivity contribution in [1.82, 2.24) is 10.3 Å². The number of carbonyl (C=O) groups is 1. The molecule has 0 saturated heterocycles. The summed E-state index contributed by atoms with van der Waals surface area (Å²) in [4.78, 5) is 18.6. The van der Waals surface area contributed by atoms with Crippen LogP contribution in [0.2, 0.25) is 0 Å². The average Bonchev–Trinajstić information content (AvgIpc) is 2.83. The Labute approximate surface area is 202 Å². The molecule has 0 spiro atoms. The predicted octanol–water partition coefficient (Wildman–Crippen LogP) is 2.34. The van der Waals surface area contributed by atoms with Crippen LogP contribution in [-0.2, 0) is 34.5 Å². The first-order valence-corrected chi connectivity index (χ1v) is 12.3. The van der Waals surface area contributed by atoms with Gasteiger partial charge in [0.2, 0.25) is 10.0 Å². The molecule has 0 aliphatic carbocycles. The summed E-state index contributed by atoms with van der Waals surface area (Å²) < 4.78 is 47.8. The van der Waals surface area contributed by atoms with Crippen molar-refractivity contribution < 1.29 is 27.1 Å². The molecule has 35 heavy (non-hydrogen) atoms. The van der Waals surface area contributed by atoms with Gasteiger partial charge in [0.1, 0.15) is 17.3 Å². The van der Waals surface area contributed by atoms with Gasteiger partial charge in [-0.15, -0.1) is 0 Å². The maximum absolute atomic E-state index is 14.0. The van der Waals surface area contributed by atoms with Gasteiger partial charge in [-0.05, 0) is 34.9 Å². The zero-order chi connectivity index (χ0) is 25.0. The van der Waals surface area contributed by atoms with Crippen LogP contribution >= 0.6 is 0 Å². The summed E-state index contributed by atoms with van der Waals surface area (Å²) in [5.41, 5.74) is 2.87. The third kappa shape index (κ3) is 5.76. The number of amides is 1. The second kappa shape index (κ2) is 10.4. The van der Waals surface area contributed by atoms with Crippen molar-refractivity contribution in [3.05, 3.63) is 82.8 Å². The summed E-state index contributed by atoms with van der Waals surface area (Å²) in [6, 6.07) is 13.1. The van der Waals surface area contributed by atoms with E-state index in [9.17, 15) is 17.6 Å². The number of carbonyl (C=O) groups excluding carboxylic acids is 1. The molecule has 0 bridgehead atoms. The summed E-state index contributed by atoms with van der Waals surface area (Å²) in [6.07, 6.45) is 1.46. The summed E-state index contributed by atoms with van der Waals surface area (Å²) in [5.74, 6) is -0.269. The number of methoxy groups -OCH3 is 1. The van der Waals surface area contributed by atoms with Crippen molar-refractivity contribution in [1.29, 1.82) is 0 Å². The summed E-state index contributed by atoms with van der Waals surface area (Å²) in [6.45, 7) is 2.21. The number of hydrogen-bond donors (Lipinski definition) is 2. The lowest BCUT2D eigenvalue weighted by atomic mass is 10.1. The van der Waals surface area contributed by atoms with Crippen LogP contribution in [-0.4, -0.2) is 39.6 Å². The van der Waals surface area contributed by atoms with E-state index in [0.717, 1.165) is 23.3 Å². The highest BCUT2D eigenvalue weighted by Gasteiger charge is 2.22. The van der Waals surface area contributed by atoms with E-state index in [2.05, 4.69) is 15.2 Å². The van der Waals surface area contributed by atoms with E-state index in [0.29, 0.717) is 43.4 Å². The molecule has 0 atom stereocenters. The fourth-order valence-corrected chi connectivity index (χ4v) is 4.40. The maximum Gasteiger partial charge on any atom is 0.253 e. The van der Waals surface area contributed by atoms with Crippen molar-refractivity contribution in [3.63, 3.8) is 0 Å². The molecule has 3 aromatic rings. The average molecular weight is 501 g/mol. The van der Waals surface area contributed by atoms with Crippen LogP contribution in [0.4, 0.5) is 10.2 Å². The number of aromatic nitrogens is 1. The highest BCUT2D eigenvalue weighted by molar-refractivity contribution is 7.89. The topological polar surface area (TPSA) is 124 Å². The van der Waals surface area contributed by atoms with E-state index < -0.39 is 26.6 Å². The van der Waals surface area contributed by atoms with Crippen molar-refractivity contribution in [3.8, 4) is 5.75 Å². The zero-order valence-electron chi connectivity index (χ0n) is 19.0. The molecule has 0 fully saturated rings. The van der Waals surface area contributed by atoms with E-state index >= 15 is 0 Å². The summed E-state index contributed by atoms with van der Waals surface area (Å²) in [7, 11) is -2.50. The lowest BCUT2D eigenvalue weighted by Gasteiger charge is -2.30. The number of primary sulfonamides is 1. The quantitative estimate of drug-likeness (QED) is 0.487. The van der Waals surface area contributed by atoms with Crippen LogP contribution < -0.4 is 20.1 Å². The van der Waals surface area contributed by atoms with E-state index in [-0.39, 0.29) is 12.1 Å². The number of anilines is 1. The molecule has 2 heterocycles. The molecule has 3 N–H and O–H groups in total. The van der Waals surface area contributed by atoms with Crippen molar-refractivity contribution in [2.45, 2.75) is 24.6 Å². The Kier molecular flexibility index (Phi) is 7.29. The molecule has 9 nitrogen and oxygen atoms in total.